The lowest BCUT2D eigenvalue weighted by Crippen LogP contribution is -2.58. The number of aromatic nitrogens is 2. The number of hydrogen-bond acceptors (Lipinski definition) is 6. The van der Waals surface area contributed by atoms with Crippen molar-refractivity contribution in [3.05, 3.63) is 77.8 Å². The van der Waals surface area contributed by atoms with E-state index in [1.165, 1.54) is 9.80 Å². The van der Waals surface area contributed by atoms with Gasteiger partial charge in [0.25, 0.3) is 0 Å². The zero-order chi connectivity index (χ0) is 40.4. The average molecular weight is 774 g/mol. The summed E-state index contributed by atoms with van der Waals surface area (Å²) in [6.07, 6.45) is -0.537. The van der Waals surface area contributed by atoms with Crippen LogP contribution in [0, 0.1) is 17.6 Å². The second-order valence-corrected chi connectivity index (χ2v) is 22.2. The molecule has 14 heteroatoms. The lowest BCUT2D eigenvalue weighted by molar-refractivity contribution is -0.00844. The van der Waals surface area contributed by atoms with Crippen LogP contribution in [-0.4, -0.2) is 94.6 Å². The maximum Gasteiger partial charge on any atom is 0.410 e. The summed E-state index contributed by atoms with van der Waals surface area (Å²) in [4.78, 5) is 35.4. The molecule has 3 amide bonds. The third kappa shape index (κ3) is 10.4. The van der Waals surface area contributed by atoms with Gasteiger partial charge in [-0.1, -0.05) is 51.1 Å². The highest BCUT2D eigenvalue weighted by atomic mass is 28.4. The minimum Gasteiger partial charge on any atom is -0.444 e. The Morgan fingerprint density at radius 1 is 1.04 bits per heavy atom. The Morgan fingerprint density at radius 2 is 1.69 bits per heavy atom. The molecule has 1 aromatic heterocycles. The van der Waals surface area contributed by atoms with Crippen molar-refractivity contribution < 1.29 is 37.0 Å². The van der Waals surface area contributed by atoms with Gasteiger partial charge in [-0.2, -0.15) is 0 Å². The van der Waals surface area contributed by atoms with Crippen LogP contribution < -0.4 is 5.32 Å². The van der Waals surface area contributed by atoms with Crippen molar-refractivity contribution in [1.29, 1.82) is 0 Å². The largest absolute Gasteiger partial charge is 0.444 e. The summed E-state index contributed by atoms with van der Waals surface area (Å²) in [5.74, 6) is -1.87. The smallest absolute Gasteiger partial charge is 0.410 e. The third-order valence-corrected chi connectivity index (χ3v) is 14.7. The van der Waals surface area contributed by atoms with Gasteiger partial charge in [0.2, 0.25) is 0 Å². The predicted molar refractivity (Wildman–Crippen MR) is 206 cm³/mol. The molecule has 4 atom stereocenters. The first-order valence-electron chi connectivity index (χ1n) is 18.5. The van der Waals surface area contributed by atoms with Crippen LogP contribution in [0.1, 0.15) is 79.7 Å². The van der Waals surface area contributed by atoms with Gasteiger partial charge in [0.05, 0.1) is 30.5 Å². The third-order valence-electron chi connectivity index (χ3n) is 10.1. The monoisotopic (exact) mass is 773 g/mol. The van der Waals surface area contributed by atoms with Crippen LogP contribution in [0.25, 0.3) is 11.3 Å². The van der Waals surface area contributed by atoms with E-state index in [4.69, 9.17) is 14.1 Å². The summed E-state index contributed by atoms with van der Waals surface area (Å²) in [5.41, 5.74) is -1.06. The lowest BCUT2D eigenvalue weighted by Gasteiger charge is -2.48. The number of aliphatic hydroxyl groups is 1. The summed E-state index contributed by atoms with van der Waals surface area (Å²) in [6, 6.07) is 10.3. The maximum absolute atomic E-state index is 16.1. The van der Waals surface area contributed by atoms with E-state index in [1.54, 1.807) is 38.5 Å². The number of imidazole rings is 1. The lowest BCUT2D eigenvalue weighted by atomic mass is 9.94. The Hall–Kier alpha value is -3.88. The number of rotatable bonds is 12. The number of ether oxygens (including phenoxy) is 1. The zero-order valence-corrected chi connectivity index (χ0v) is 34.5. The van der Waals surface area contributed by atoms with Crippen LogP contribution in [0.2, 0.25) is 18.1 Å². The molecular formula is C40H58F3N5O5Si. The van der Waals surface area contributed by atoms with Crippen molar-refractivity contribution in [1.82, 2.24) is 24.7 Å². The number of benzene rings is 2. The van der Waals surface area contributed by atoms with E-state index in [0.717, 1.165) is 23.8 Å². The zero-order valence-electron chi connectivity index (χ0n) is 33.5. The van der Waals surface area contributed by atoms with Crippen LogP contribution in [-0.2, 0) is 15.7 Å². The predicted octanol–water partition coefficient (Wildman–Crippen LogP) is 8.32. The Kier molecular flexibility index (Phi) is 13.1. The molecule has 10 nitrogen and oxygen atoms in total. The molecule has 2 unspecified atom stereocenters. The van der Waals surface area contributed by atoms with Crippen LogP contribution in [0.15, 0.2) is 54.7 Å². The quantitative estimate of drug-likeness (QED) is 0.179. The van der Waals surface area contributed by atoms with Gasteiger partial charge < -0.3 is 34.0 Å². The highest BCUT2D eigenvalue weighted by Crippen LogP contribution is 2.45. The Balaban J connectivity index is 1.96. The standard InChI is InChI=1S/C40H58F3N5O5Si/c1-26(25-49)44-36(50)48(22-28-21-47(23-32(28)43)37(51)52-38(2,3)4)34(40(8,9)53-54(10,11)39(5,6)7)35-45-33(30-19-29(41)17-18-31(30)42)24-46(35)20-27-15-13-12-14-16-27/h12-19,24,26,28,32,34,49H,20-23,25H2,1-11H3,(H,44,50)/t26-,28?,32?,34-/m0/s1. The first kappa shape index (κ1) is 42.9. The number of likely N-dealkylation sites (tertiary alicyclic amines) is 1. The fourth-order valence-electron chi connectivity index (χ4n) is 6.45. The summed E-state index contributed by atoms with van der Waals surface area (Å²) >= 11 is 0. The van der Waals surface area contributed by atoms with Gasteiger partial charge in [0, 0.05) is 37.3 Å². The molecule has 2 N–H and O–H groups in total. The Bertz CT molecular complexity index is 1760. The number of nitrogens with zero attached hydrogens (tertiary/aromatic N) is 4. The summed E-state index contributed by atoms with van der Waals surface area (Å²) in [7, 11) is -2.62. The number of hydrogen-bond donors (Lipinski definition) is 2. The molecule has 1 aliphatic heterocycles. The van der Waals surface area contributed by atoms with Gasteiger partial charge in [-0.3, -0.25) is 0 Å². The molecule has 3 aromatic rings. The molecule has 1 aliphatic rings. The van der Waals surface area contributed by atoms with Gasteiger partial charge in [-0.15, -0.1) is 0 Å². The second kappa shape index (κ2) is 16.5. The highest BCUT2D eigenvalue weighted by molar-refractivity contribution is 6.74. The van der Waals surface area contributed by atoms with Crippen molar-refractivity contribution in [3.8, 4) is 11.3 Å². The first-order valence-corrected chi connectivity index (χ1v) is 21.4. The van der Waals surface area contributed by atoms with E-state index in [0.29, 0.717) is 5.82 Å². The molecule has 1 saturated heterocycles. The molecule has 1 fully saturated rings. The van der Waals surface area contributed by atoms with Gasteiger partial charge in [0.1, 0.15) is 35.3 Å². The van der Waals surface area contributed by atoms with Gasteiger partial charge in [-0.25, -0.2) is 27.7 Å². The molecular weight excluding hydrogens is 716 g/mol. The highest BCUT2D eigenvalue weighted by Gasteiger charge is 2.50. The molecule has 0 bridgehead atoms. The van der Waals surface area contributed by atoms with E-state index in [2.05, 4.69) is 39.2 Å². The number of nitrogens with one attached hydrogen (secondary N) is 1. The van der Waals surface area contributed by atoms with Crippen molar-refractivity contribution in [2.75, 3.05) is 26.2 Å². The van der Waals surface area contributed by atoms with Crippen molar-refractivity contribution >= 4 is 20.4 Å². The van der Waals surface area contributed by atoms with Crippen molar-refractivity contribution in [2.24, 2.45) is 5.92 Å². The second-order valence-electron chi connectivity index (χ2n) is 17.4. The first-order chi connectivity index (χ1) is 24.9. The molecule has 0 spiro atoms. The number of halogens is 3. The van der Waals surface area contributed by atoms with Crippen LogP contribution in [0.3, 0.4) is 0 Å². The fourth-order valence-corrected chi connectivity index (χ4v) is 8.18. The van der Waals surface area contributed by atoms with Crippen LogP contribution in [0.4, 0.5) is 22.8 Å². The number of alkyl halides is 1. The van der Waals surface area contributed by atoms with E-state index in [9.17, 15) is 19.1 Å². The minimum atomic E-state index is -2.62. The number of urea groups is 1. The molecule has 0 saturated carbocycles. The van der Waals surface area contributed by atoms with Crippen LogP contribution >= 0.6 is 0 Å². The Morgan fingerprint density at radius 3 is 2.28 bits per heavy atom. The minimum absolute atomic E-state index is 0.0239. The normalized spacial score (nSPS) is 18.0. The molecule has 4 rings (SSSR count). The van der Waals surface area contributed by atoms with Crippen molar-refractivity contribution in [2.45, 2.75) is 116 Å². The fraction of sp³-hybridized carbons (Fsp3) is 0.575. The summed E-state index contributed by atoms with van der Waals surface area (Å²) in [5, 5.41) is 12.6. The molecule has 2 heterocycles. The van der Waals surface area contributed by atoms with Gasteiger partial charge in [0.15, 0.2) is 8.32 Å². The molecule has 298 valence electrons. The van der Waals surface area contributed by atoms with Crippen molar-refractivity contribution in [3.63, 3.8) is 0 Å². The van der Waals surface area contributed by atoms with E-state index in [-0.39, 0.29) is 49.1 Å². The van der Waals surface area contributed by atoms with E-state index >= 15 is 8.78 Å². The van der Waals surface area contributed by atoms with Crippen LogP contribution in [0.5, 0.6) is 0 Å². The topological polar surface area (TPSA) is 109 Å². The number of carbonyl (C=O) groups is 2. The number of aliphatic hydroxyl groups excluding tert-OH is 1. The van der Waals surface area contributed by atoms with Gasteiger partial charge >= 0.3 is 12.1 Å². The van der Waals surface area contributed by atoms with E-state index < -0.39 is 67.5 Å². The summed E-state index contributed by atoms with van der Waals surface area (Å²) < 4.78 is 60.5. The van der Waals surface area contributed by atoms with Gasteiger partial charge in [-0.05, 0) is 83.4 Å². The number of amides is 3. The van der Waals surface area contributed by atoms with E-state index in [1.807, 2.05) is 44.2 Å². The SMILES string of the molecule is C[C@@H](CO)NC(=O)N(CC1CN(C(=O)OC(C)(C)C)CC1F)[C@@H](c1nc(-c2cc(F)ccc2F)cn1Cc1ccccc1)C(C)(C)O[Si](C)(C)C(C)(C)C. The molecule has 2 aromatic carbocycles. The maximum atomic E-state index is 16.1. The average Bonchev–Trinajstić information content (AvgIpc) is 3.63. The molecule has 0 radical (unpaired) electrons. The Labute approximate surface area is 319 Å². The summed E-state index contributed by atoms with van der Waals surface area (Å²) in [6.45, 7) is 20.5. The number of carbonyl (C=O) groups excluding carboxylic acids is 2. The molecule has 0 aliphatic carbocycles. The molecule has 54 heavy (non-hydrogen) atoms.